The van der Waals surface area contributed by atoms with Crippen molar-refractivity contribution >= 4 is 11.6 Å². The van der Waals surface area contributed by atoms with Crippen molar-refractivity contribution in [2.75, 3.05) is 0 Å². The summed E-state index contributed by atoms with van der Waals surface area (Å²) in [4.78, 5) is 3.46. The molecule has 0 saturated heterocycles. The van der Waals surface area contributed by atoms with E-state index >= 15 is 0 Å². The molecule has 0 atom stereocenters. The lowest BCUT2D eigenvalue weighted by Crippen LogP contribution is -1.49. The lowest BCUT2D eigenvalue weighted by Gasteiger charge is -1.62. The Morgan fingerprint density at radius 3 is 3.00 bits per heavy atom. The predicted octanol–water partition coefficient (Wildman–Crippen LogP) is 1.13. The summed E-state index contributed by atoms with van der Waals surface area (Å²) in [7, 11) is 0. The molecule has 31 valence electrons. The van der Waals surface area contributed by atoms with E-state index in [4.69, 9.17) is 11.6 Å². The van der Waals surface area contributed by atoms with Gasteiger partial charge in [-0.25, -0.2) is 4.98 Å². The summed E-state index contributed by atoms with van der Waals surface area (Å²) in [5.41, 5.74) is 0. The van der Waals surface area contributed by atoms with Gasteiger partial charge in [0.05, 0.1) is 6.20 Å². The van der Waals surface area contributed by atoms with Crippen molar-refractivity contribution in [2.24, 2.45) is 0 Å². The van der Waals surface area contributed by atoms with Gasteiger partial charge in [0.15, 0.2) is 6.26 Å². The molecule has 1 heterocycles. The first-order valence-electron chi connectivity index (χ1n) is 1.37. The van der Waals surface area contributed by atoms with Crippen LogP contribution in [0.3, 0.4) is 0 Å². The van der Waals surface area contributed by atoms with E-state index in [0.29, 0.717) is 0 Å². The van der Waals surface area contributed by atoms with Crippen molar-refractivity contribution in [1.29, 1.82) is 0 Å². The Morgan fingerprint density at radius 2 is 2.83 bits per heavy atom. The van der Waals surface area contributed by atoms with Gasteiger partial charge in [-0.3, -0.25) is 0 Å². The lowest BCUT2D eigenvalue weighted by atomic mass is 11.0. The molecule has 1 aromatic rings. The van der Waals surface area contributed by atoms with Gasteiger partial charge in [0.2, 0.25) is 0 Å². The predicted molar refractivity (Wildman–Crippen MR) is 20.3 cm³/mol. The second-order valence-corrected chi connectivity index (χ2v) is 1.05. The molecule has 1 aromatic heterocycles. The van der Waals surface area contributed by atoms with Gasteiger partial charge in [0.1, 0.15) is 0 Å². The molecule has 0 amide bonds. The molecule has 3 heteroatoms. The van der Waals surface area contributed by atoms with Gasteiger partial charge in [0.25, 0.3) is 5.35 Å². The van der Waals surface area contributed by atoms with Gasteiger partial charge < -0.3 is 4.42 Å². The van der Waals surface area contributed by atoms with Crippen LogP contribution in [0.1, 0.15) is 0 Å². The third-order valence-corrected chi connectivity index (χ3v) is 0.537. The quantitative estimate of drug-likeness (QED) is 0.491. The second kappa shape index (κ2) is 1.30. The van der Waals surface area contributed by atoms with Crippen LogP contribution >= 0.6 is 11.6 Å². The van der Waals surface area contributed by atoms with Crippen LogP contribution in [0.5, 0.6) is 0 Å². The van der Waals surface area contributed by atoms with Crippen LogP contribution in [0.25, 0.3) is 0 Å². The lowest BCUT2D eigenvalue weighted by molar-refractivity contribution is 0.551. The molecule has 0 fully saturated rings. The van der Waals surface area contributed by atoms with Crippen molar-refractivity contribution in [2.45, 2.75) is 0 Å². The van der Waals surface area contributed by atoms with Gasteiger partial charge in [-0.2, -0.15) is 0 Å². The van der Waals surface area contributed by atoms with E-state index in [0.717, 1.165) is 0 Å². The Hall–Kier alpha value is -0.500. The third kappa shape index (κ3) is 0.518. The van der Waals surface area contributed by atoms with Crippen molar-refractivity contribution in [1.82, 2.24) is 4.98 Å². The van der Waals surface area contributed by atoms with Gasteiger partial charge in [-0.05, 0) is 11.6 Å². The first-order valence-corrected chi connectivity index (χ1v) is 1.75. The van der Waals surface area contributed by atoms with E-state index in [2.05, 4.69) is 15.7 Å². The normalized spacial score (nSPS) is 8.83. The molecular weight excluding hydrogens is 101 g/mol. The summed E-state index contributed by atoms with van der Waals surface area (Å²) in [5.74, 6) is 0. The maximum absolute atomic E-state index is 5.15. The van der Waals surface area contributed by atoms with E-state index in [9.17, 15) is 0 Å². The molecule has 0 N–H and O–H groups in total. The topological polar surface area (TPSA) is 26.0 Å². The summed E-state index contributed by atoms with van der Waals surface area (Å²) < 4.78 is 4.36. The van der Waals surface area contributed by atoms with Crippen LogP contribution in [0.15, 0.2) is 10.6 Å². The van der Waals surface area contributed by atoms with Crippen LogP contribution in [0, 0.1) is 6.26 Å². The van der Waals surface area contributed by atoms with Crippen LogP contribution in [-0.4, -0.2) is 4.98 Å². The molecule has 1 radical (unpaired) electrons. The zero-order valence-electron chi connectivity index (χ0n) is 2.81. The van der Waals surface area contributed by atoms with E-state index < -0.39 is 0 Å². The number of aromatic nitrogens is 1. The van der Waals surface area contributed by atoms with Crippen LogP contribution in [-0.2, 0) is 0 Å². The molecular formula is C3HClNO. The van der Waals surface area contributed by atoms with Crippen molar-refractivity contribution in [3.05, 3.63) is 17.8 Å². The van der Waals surface area contributed by atoms with Crippen molar-refractivity contribution in [3.63, 3.8) is 0 Å². The summed E-state index contributed by atoms with van der Waals surface area (Å²) in [6.45, 7) is 0. The molecule has 0 spiro atoms. The minimum Gasteiger partial charge on any atom is -0.424 e. The fourth-order valence-electron chi connectivity index (χ4n) is 0.178. The van der Waals surface area contributed by atoms with E-state index in [-0.39, 0.29) is 5.35 Å². The maximum Gasteiger partial charge on any atom is 0.292 e. The molecule has 0 aliphatic heterocycles. The summed E-state index contributed by atoms with van der Waals surface area (Å²) >= 11 is 5.15. The Bertz CT molecular complexity index is 114. The highest BCUT2D eigenvalue weighted by molar-refractivity contribution is 6.27. The summed E-state index contributed by atoms with van der Waals surface area (Å²) in [6.07, 6.45) is 3.67. The number of rotatable bonds is 0. The smallest absolute Gasteiger partial charge is 0.292 e. The van der Waals surface area contributed by atoms with Gasteiger partial charge in [0, 0.05) is 0 Å². The average Bonchev–Trinajstić information content (AvgIpc) is 1.86. The summed E-state index contributed by atoms with van der Waals surface area (Å²) in [6, 6.07) is 0. The second-order valence-electron chi connectivity index (χ2n) is 0.731. The standard InChI is InChI=1S/C3HClNO/c4-3-5-1-2-6-3/h1H. The molecule has 0 aliphatic carbocycles. The highest BCUT2D eigenvalue weighted by atomic mass is 35.5. The molecule has 6 heavy (non-hydrogen) atoms. The molecule has 0 unspecified atom stereocenters. The van der Waals surface area contributed by atoms with Crippen LogP contribution in [0.2, 0.25) is 5.35 Å². The Balaban J connectivity index is 3.05. The van der Waals surface area contributed by atoms with Gasteiger partial charge >= 0.3 is 0 Å². The van der Waals surface area contributed by atoms with E-state index in [1.807, 2.05) is 0 Å². The highest BCUT2D eigenvalue weighted by Gasteiger charge is 1.82. The third-order valence-electron chi connectivity index (χ3n) is 0.362. The fourth-order valence-corrected chi connectivity index (χ4v) is 0.272. The number of halogens is 1. The average molecular weight is 102 g/mol. The molecule has 0 saturated carbocycles. The SMILES string of the molecule is Clc1nc[c]o1. The van der Waals surface area contributed by atoms with Crippen molar-refractivity contribution < 1.29 is 4.42 Å². The zero-order chi connectivity index (χ0) is 4.41. The number of hydrogen-bond acceptors (Lipinski definition) is 2. The van der Waals surface area contributed by atoms with Crippen LogP contribution in [0.4, 0.5) is 0 Å². The molecule has 1 rings (SSSR count). The van der Waals surface area contributed by atoms with Gasteiger partial charge in [-0.15, -0.1) is 0 Å². The maximum atomic E-state index is 5.15. The number of hydrogen-bond donors (Lipinski definition) is 0. The molecule has 0 bridgehead atoms. The van der Waals surface area contributed by atoms with E-state index in [1.54, 1.807) is 0 Å². The highest BCUT2D eigenvalue weighted by Crippen LogP contribution is 1.98. The molecule has 2 nitrogen and oxygen atoms in total. The van der Waals surface area contributed by atoms with Crippen LogP contribution < -0.4 is 0 Å². The fraction of sp³-hybridized carbons (Fsp3) is 0. The minimum absolute atomic E-state index is 0.134. The number of nitrogens with zero attached hydrogens (tertiary/aromatic N) is 1. The molecule has 0 aromatic carbocycles. The first kappa shape index (κ1) is 3.68. The zero-order valence-corrected chi connectivity index (χ0v) is 3.57. The number of oxazole rings is 1. The largest absolute Gasteiger partial charge is 0.424 e. The van der Waals surface area contributed by atoms with Crippen molar-refractivity contribution in [3.8, 4) is 0 Å². The van der Waals surface area contributed by atoms with E-state index in [1.165, 1.54) is 6.20 Å². The first-order chi connectivity index (χ1) is 2.89. The molecule has 0 aliphatic rings. The monoisotopic (exact) mass is 102 g/mol. The minimum atomic E-state index is 0.134. The van der Waals surface area contributed by atoms with Gasteiger partial charge in [-0.1, -0.05) is 0 Å². The Morgan fingerprint density at radius 1 is 2.00 bits per heavy atom. The summed E-state index contributed by atoms with van der Waals surface area (Å²) in [5, 5.41) is 0.134. The Labute approximate surface area is 39.7 Å². The Kier molecular flexibility index (Phi) is 0.801.